The molecule has 20 heavy (non-hydrogen) atoms. The van der Waals surface area contributed by atoms with Crippen molar-refractivity contribution in [2.75, 3.05) is 39.3 Å². The van der Waals surface area contributed by atoms with Gasteiger partial charge in [0.05, 0.1) is 0 Å². The molecule has 1 unspecified atom stereocenters. The summed E-state index contributed by atoms with van der Waals surface area (Å²) in [6.45, 7) is 7.13. The van der Waals surface area contributed by atoms with Gasteiger partial charge in [0.2, 0.25) is 0 Å². The number of carboxylic acids is 1. The first kappa shape index (κ1) is 15.8. The number of nitrogens with zero attached hydrogens (tertiary/aromatic N) is 2. The molecule has 0 amide bonds. The van der Waals surface area contributed by atoms with E-state index in [0.717, 1.165) is 25.4 Å². The van der Waals surface area contributed by atoms with Crippen LogP contribution in [0.1, 0.15) is 51.4 Å². The van der Waals surface area contributed by atoms with Crippen molar-refractivity contribution >= 4 is 5.97 Å². The second-order valence-corrected chi connectivity index (χ2v) is 6.52. The van der Waals surface area contributed by atoms with E-state index in [9.17, 15) is 4.79 Å². The third kappa shape index (κ3) is 5.80. The molecule has 0 aromatic heterocycles. The van der Waals surface area contributed by atoms with Crippen molar-refractivity contribution in [2.24, 2.45) is 5.92 Å². The van der Waals surface area contributed by atoms with Crippen LogP contribution in [0.5, 0.6) is 0 Å². The third-order valence-corrected chi connectivity index (χ3v) is 4.68. The summed E-state index contributed by atoms with van der Waals surface area (Å²) in [6, 6.07) is 0. The maximum absolute atomic E-state index is 10.6. The Morgan fingerprint density at radius 2 is 1.70 bits per heavy atom. The Hall–Kier alpha value is -0.610. The number of carboxylic acid groups (broad SMARTS) is 1. The van der Waals surface area contributed by atoms with E-state index in [1.54, 1.807) is 0 Å². The number of aliphatic carboxylic acids is 1. The molecule has 0 spiro atoms. The SMILES string of the molecule is O=C(O)CCCN1CCCC(CN2CCCCCC2)C1. The number of carbonyl (C=O) groups is 1. The summed E-state index contributed by atoms with van der Waals surface area (Å²) < 4.78 is 0. The molecule has 116 valence electrons. The lowest BCUT2D eigenvalue weighted by Crippen LogP contribution is -2.41. The van der Waals surface area contributed by atoms with Crippen molar-refractivity contribution in [3.05, 3.63) is 0 Å². The second-order valence-electron chi connectivity index (χ2n) is 6.52. The van der Waals surface area contributed by atoms with E-state index >= 15 is 0 Å². The first-order valence-electron chi connectivity index (χ1n) is 8.40. The van der Waals surface area contributed by atoms with Crippen molar-refractivity contribution in [1.82, 2.24) is 9.80 Å². The molecule has 2 aliphatic rings. The molecule has 1 N–H and O–H groups in total. The van der Waals surface area contributed by atoms with Gasteiger partial charge in [-0.3, -0.25) is 4.79 Å². The Morgan fingerprint density at radius 1 is 1.00 bits per heavy atom. The largest absolute Gasteiger partial charge is 0.481 e. The minimum absolute atomic E-state index is 0.313. The van der Waals surface area contributed by atoms with Crippen LogP contribution >= 0.6 is 0 Å². The van der Waals surface area contributed by atoms with Gasteiger partial charge < -0.3 is 14.9 Å². The van der Waals surface area contributed by atoms with Crippen molar-refractivity contribution in [1.29, 1.82) is 0 Å². The predicted octanol–water partition coefficient (Wildman–Crippen LogP) is 2.44. The molecule has 2 heterocycles. The Kier molecular flexibility index (Phi) is 6.80. The van der Waals surface area contributed by atoms with E-state index in [4.69, 9.17) is 5.11 Å². The molecule has 4 nitrogen and oxygen atoms in total. The van der Waals surface area contributed by atoms with E-state index in [2.05, 4.69) is 9.80 Å². The van der Waals surface area contributed by atoms with Gasteiger partial charge in [0.15, 0.2) is 0 Å². The second kappa shape index (κ2) is 8.63. The highest BCUT2D eigenvalue weighted by Gasteiger charge is 2.22. The average Bonchev–Trinajstić information content (AvgIpc) is 2.67. The quantitative estimate of drug-likeness (QED) is 0.812. The molecular weight excluding hydrogens is 252 g/mol. The van der Waals surface area contributed by atoms with Crippen LogP contribution in [0.2, 0.25) is 0 Å². The number of rotatable bonds is 6. The number of likely N-dealkylation sites (tertiary alicyclic amines) is 2. The van der Waals surface area contributed by atoms with Crippen LogP contribution < -0.4 is 0 Å². The minimum atomic E-state index is -0.664. The maximum atomic E-state index is 10.6. The van der Waals surface area contributed by atoms with Crippen molar-refractivity contribution in [3.63, 3.8) is 0 Å². The molecular formula is C16H30N2O2. The van der Waals surface area contributed by atoms with E-state index in [0.29, 0.717) is 6.42 Å². The Labute approximate surface area is 123 Å². The molecule has 2 rings (SSSR count). The average molecular weight is 282 g/mol. The summed E-state index contributed by atoms with van der Waals surface area (Å²) in [7, 11) is 0. The lowest BCUT2D eigenvalue weighted by molar-refractivity contribution is -0.137. The van der Waals surface area contributed by atoms with Crippen LogP contribution in [0.25, 0.3) is 0 Å². The van der Waals surface area contributed by atoms with Gasteiger partial charge in [0.25, 0.3) is 0 Å². The molecule has 0 saturated carbocycles. The summed E-state index contributed by atoms with van der Waals surface area (Å²) in [5.74, 6) is 0.134. The van der Waals surface area contributed by atoms with Gasteiger partial charge in [-0.15, -0.1) is 0 Å². The monoisotopic (exact) mass is 282 g/mol. The first-order chi connectivity index (χ1) is 9.74. The van der Waals surface area contributed by atoms with Crippen molar-refractivity contribution in [2.45, 2.75) is 51.4 Å². The fourth-order valence-electron chi connectivity index (χ4n) is 3.64. The molecule has 0 aromatic rings. The maximum Gasteiger partial charge on any atom is 0.303 e. The van der Waals surface area contributed by atoms with Gasteiger partial charge in [-0.25, -0.2) is 0 Å². The van der Waals surface area contributed by atoms with Crippen LogP contribution in [-0.4, -0.2) is 60.1 Å². The number of hydrogen-bond acceptors (Lipinski definition) is 3. The van der Waals surface area contributed by atoms with Gasteiger partial charge in [-0.1, -0.05) is 12.8 Å². The predicted molar refractivity (Wildman–Crippen MR) is 80.9 cm³/mol. The number of hydrogen-bond donors (Lipinski definition) is 1. The standard InChI is InChI=1S/C16H30N2O2/c19-16(20)8-6-12-18-11-5-7-15(14-18)13-17-9-3-1-2-4-10-17/h15H,1-14H2,(H,19,20). The Morgan fingerprint density at radius 3 is 2.40 bits per heavy atom. The highest BCUT2D eigenvalue weighted by atomic mass is 16.4. The zero-order valence-corrected chi connectivity index (χ0v) is 12.7. The summed E-state index contributed by atoms with van der Waals surface area (Å²) in [5, 5.41) is 8.71. The molecule has 0 aliphatic carbocycles. The van der Waals surface area contributed by atoms with Crippen LogP contribution in [0.15, 0.2) is 0 Å². The third-order valence-electron chi connectivity index (χ3n) is 4.68. The molecule has 0 aromatic carbocycles. The van der Waals surface area contributed by atoms with Crippen LogP contribution in [0.4, 0.5) is 0 Å². The summed E-state index contributed by atoms with van der Waals surface area (Å²) in [6.07, 6.45) is 9.30. The molecule has 0 bridgehead atoms. The topological polar surface area (TPSA) is 43.8 Å². The molecule has 4 heteroatoms. The molecule has 2 saturated heterocycles. The van der Waals surface area contributed by atoms with Gasteiger partial charge in [-0.05, 0) is 64.2 Å². The lowest BCUT2D eigenvalue weighted by Gasteiger charge is -2.35. The zero-order valence-electron chi connectivity index (χ0n) is 12.7. The lowest BCUT2D eigenvalue weighted by atomic mass is 9.97. The van der Waals surface area contributed by atoms with E-state index in [1.807, 2.05) is 0 Å². The van der Waals surface area contributed by atoms with Gasteiger partial charge in [0, 0.05) is 19.5 Å². The van der Waals surface area contributed by atoms with Crippen molar-refractivity contribution in [3.8, 4) is 0 Å². The van der Waals surface area contributed by atoms with Gasteiger partial charge in [-0.2, -0.15) is 0 Å². The smallest absolute Gasteiger partial charge is 0.303 e. The first-order valence-corrected chi connectivity index (χ1v) is 8.40. The Balaban J connectivity index is 1.68. The van der Waals surface area contributed by atoms with E-state index in [1.165, 1.54) is 64.7 Å². The molecule has 2 fully saturated rings. The van der Waals surface area contributed by atoms with Crippen LogP contribution in [0.3, 0.4) is 0 Å². The van der Waals surface area contributed by atoms with E-state index < -0.39 is 5.97 Å². The summed E-state index contributed by atoms with van der Waals surface area (Å²) in [5.41, 5.74) is 0. The fourth-order valence-corrected chi connectivity index (χ4v) is 3.64. The highest BCUT2D eigenvalue weighted by molar-refractivity contribution is 5.66. The molecule has 1 atom stereocenters. The molecule has 0 radical (unpaired) electrons. The van der Waals surface area contributed by atoms with Crippen LogP contribution in [0, 0.1) is 5.92 Å². The fraction of sp³-hybridized carbons (Fsp3) is 0.938. The van der Waals surface area contributed by atoms with Crippen molar-refractivity contribution < 1.29 is 9.90 Å². The van der Waals surface area contributed by atoms with Gasteiger partial charge >= 0.3 is 5.97 Å². The summed E-state index contributed by atoms with van der Waals surface area (Å²) in [4.78, 5) is 15.7. The Bertz CT molecular complexity index is 288. The van der Waals surface area contributed by atoms with Crippen LogP contribution in [-0.2, 0) is 4.79 Å². The van der Waals surface area contributed by atoms with E-state index in [-0.39, 0.29) is 0 Å². The minimum Gasteiger partial charge on any atom is -0.481 e. The zero-order chi connectivity index (χ0) is 14.2. The summed E-state index contributed by atoms with van der Waals surface area (Å²) >= 11 is 0. The number of piperidine rings is 1. The normalized spacial score (nSPS) is 26.3. The molecule has 2 aliphatic heterocycles. The van der Waals surface area contributed by atoms with Gasteiger partial charge in [0.1, 0.15) is 0 Å². The highest BCUT2D eigenvalue weighted by Crippen LogP contribution is 2.20.